The molecule has 5 heterocycles. The highest BCUT2D eigenvalue weighted by Crippen LogP contribution is 2.31. The van der Waals surface area contributed by atoms with Crippen molar-refractivity contribution in [1.82, 2.24) is 15.2 Å². The molecule has 0 aliphatic carbocycles. The van der Waals surface area contributed by atoms with Gasteiger partial charge in [-0.2, -0.15) is 0 Å². The fourth-order valence-corrected chi connectivity index (χ4v) is 4.51. The van der Waals surface area contributed by atoms with Gasteiger partial charge in [0, 0.05) is 35.3 Å². The topological polar surface area (TPSA) is 88.3 Å². The number of piperidine rings is 3. The first-order valence-corrected chi connectivity index (χ1v) is 9.16. The molecule has 1 atom stereocenters. The molecule has 2 bridgehead atoms. The fraction of sp³-hybridized carbons (Fsp3) is 0.389. The van der Waals surface area contributed by atoms with Crippen LogP contribution in [-0.2, 0) is 4.79 Å². The van der Waals surface area contributed by atoms with Gasteiger partial charge in [0.25, 0.3) is 11.8 Å². The number of thiophene rings is 1. The van der Waals surface area contributed by atoms with Crippen molar-refractivity contribution < 1.29 is 9.59 Å². The van der Waals surface area contributed by atoms with E-state index in [1.54, 1.807) is 12.3 Å². The maximum Gasteiger partial charge on any atom is 0.293 e. The molecular formula is C18H18N4O2S. The summed E-state index contributed by atoms with van der Waals surface area (Å²) < 4.78 is 0.916. The number of nitrogens with two attached hydrogens (primary N) is 1. The highest BCUT2D eigenvalue weighted by atomic mass is 32.1. The van der Waals surface area contributed by atoms with Crippen molar-refractivity contribution in [1.29, 1.82) is 0 Å². The van der Waals surface area contributed by atoms with Gasteiger partial charge in [-0.05, 0) is 43.2 Å². The van der Waals surface area contributed by atoms with Crippen molar-refractivity contribution in [3.8, 4) is 11.8 Å². The third kappa shape index (κ3) is 3.36. The number of hydrogen-bond donors (Lipinski definition) is 2. The molecule has 6 nitrogen and oxygen atoms in total. The predicted molar refractivity (Wildman–Crippen MR) is 95.9 cm³/mol. The van der Waals surface area contributed by atoms with Gasteiger partial charge in [-0.15, -0.1) is 11.3 Å². The molecule has 25 heavy (non-hydrogen) atoms. The largest absolute Gasteiger partial charge is 0.359 e. The van der Waals surface area contributed by atoms with Crippen LogP contribution in [0.15, 0.2) is 18.3 Å². The van der Waals surface area contributed by atoms with Gasteiger partial charge >= 0.3 is 0 Å². The SMILES string of the molecule is NC(=O)C#Cc1cc2cnc(C(=O)NC3CC4CCN3CC4)cc2s1. The smallest absolute Gasteiger partial charge is 0.293 e. The van der Waals surface area contributed by atoms with Crippen LogP contribution in [0.2, 0.25) is 0 Å². The van der Waals surface area contributed by atoms with E-state index in [1.165, 1.54) is 24.2 Å². The van der Waals surface area contributed by atoms with E-state index in [9.17, 15) is 9.59 Å². The third-order valence-electron chi connectivity index (χ3n) is 4.89. The van der Waals surface area contributed by atoms with E-state index in [2.05, 4.69) is 27.0 Å². The summed E-state index contributed by atoms with van der Waals surface area (Å²) in [6.45, 7) is 2.13. The zero-order chi connectivity index (χ0) is 17.4. The molecule has 2 amide bonds. The van der Waals surface area contributed by atoms with Crippen molar-refractivity contribution in [3.05, 3.63) is 28.9 Å². The Morgan fingerprint density at radius 1 is 1.32 bits per heavy atom. The molecule has 2 aromatic rings. The molecule has 128 valence electrons. The number of primary amides is 1. The average molecular weight is 354 g/mol. The molecule has 3 fully saturated rings. The number of pyridine rings is 1. The van der Waals surface area contributed by atoms with E-state index in [4.69, 9.17) is 5.73 Å². The van der Waals surface area contributed by atoms with Gasteiger partial charge in [0.1, 0.15) is 5.69 Å². The maximum absolute atomic E-state index is 12.6. The van der Waals surface area contributed by atoms with Crippen molar-refractivity contribution in [3.63, 3.8) is 0 Å². The maximum atomic E-state index is 12.6. The first-order valence-electron chi connectivity index (χ1n) is 8.34. The lowest BCUT2D eigenvalue weighted by atomic mass is 9.86. The summed E-state index contributed by atoms with van der Waals surface area (Å²) in [5, 5.41) is 4.02. The summed E-state index contributed by atoms with van der Waals surface area (Å²) >= 11 is 1.42. The molecule has 3 N–H and O–H groups in total. The van der Waals surface area contributed by atoms with Crippen LogP contribution in [-0.4, -0.2) is 41.0 Å². The molecule has 5 rings (SSSR count). The van der Waals surface area contributed by atoms with Gasteiger partial charge in [0.05, 0.1) is 11.0 Å². The summed E-state index contributed by atoms with van der Waals surface area (Å²) in [4.78, 5) is 30.7. The van der Waals surface area contributed by atoms with Crippen LogP contribution in [0, 0.1) is 17.8 Å². The second-order valence-electron chi connectivity index (χ2n) is 6.54. The number of carbonyl (C=O) groups is 2. The lowest BCUT2D eigenvalue weighted by Gasteiger charge is -2.45. The second kappa shape index (κ2) is 6.47. The van der Waals surface area contributed by atoms with Crippen LogP contribution in [0.1, 0.15) is 34.6 Å². The van der Waals surface area contributed by atoms with Crippen molar-refractivity contribution in [2.45, 2.75) is 25.4 Å². The third-order valence-corrected chi connectivity index (χ3v) is 5.90. The Morgan fingerprint density at radius 2 is 2.12 bits per heavy atom. The number of nitrogens with one attached hydrogen (secondary N) is 1. The minimum Gasteiger partial charge on any atom is -0.359 e. The van der Waals surface area contributed by atoms with Gasteiger partial charge in [-0.3, -0.25) is 19.5 Å². The quantitative estimate of drug-likeness (QED) is 0.796. The molecule has 3 aliphatic rings. The highest BCUT2D eigenvalue weighted by Gasteiger charge is 2.34. The minimum atomic E-state index is -0.660. The van der Waals surface area contributed by atoms with Crippen molar-refractivity contribution in [2.24, 2.45) is 11.7 Å². The first kappa shape index (κ1) is 16.1. The zero-order valence-corrected chi connectivity index (χ0v) is 14.4. The molecule has 0 saturated carbocycles. The first-order chi connectivity index (χ1) is 12.1. The molecule has 3 saturated heterocycles. The average Bonchev–Trinajstić information content (AvgIpc) is 3.03. The van der Waals surface area contributed by atoms with Crippen LogP contribution in [0.5, 0.6) is 0 Å². The number of aromatic nitrogens is 1. The Bertz CT molecular complexity index is 903. The predicted octanol–water partition coefficient (Wildman–Crippen LogP) is 1.30. The molecule has 3 aliphatic heterocycles. The number of carbonyl (C=O) groups excluding carboxylic acids is 2. The normalized spacial score (nSPS) is 24.6. The van der Waals surface area contributed by atoms with Gasteiger partial charge in [-0.1, -0.05) is 0 Å². The van der Waals surface area contributed by atoms with Gasteiger partial charge in [-0.25, -0.2) is 0 Å². The van der Waals surface area contributed by atoms with E-state index < -0.39 is 5.91 Å². The zero-order valence-electron chi connectivity index (χ0n) is 13.6. The number of fused-ring (bicyclic) bond motifs is 4. The lowest BCUT2D eigenvalue weighted by Crippen LogP contribution is -2.56. The molecule has 0 aromatic carbocycles. The summed E-state index contributed by atoms with van der Waals surface area (Å²) in [6.07, 6.45) is 5.29. The summed E-state index contributed by atoms with van der Waals surface area (Å²) in [6, 6.07) is 3.62. The Hall–Kier alpha value is -2.43. The van der Waals surface area contributed by atoms with Crippen LogP contribution in [0.25, 0.3) is 10.1 Å². The second-order valence-corrected chi connectivity index (χ2v) is 7.62. The van der Waals surface area contributed by atoms with Gasteiger partial charge in [0.2, 0.25) is 0 Å². The monoisotopic (exact) mass is 354 g/mol. The Balaban J connectivity index is 1.52. The van der Waals surface area contributed by atoms with Crippen molar-refractivity contribution >= 4 is 33.2 Å². The molecular weight excluding hydrogens is 336 g/mol. The Labute approximate surface area is 149 Å². The Kier molecular flexibility index (Phi) is 4.15. The summed E-state index contributed by atoms with van der Waals surface area (Å²) in [7, 11) is 0. The standard InChI is InChI=1S/C18H18N4O2S/c19-16(23)2-1-13-8-12-10-20-14(9-15(12)25-13)18(24)21-17-7-11-3-5-22(17)6-4-11/h8-11,17H,3-7H2,(H2,19,23)(H,21,24). The fourth-order valence-electron chi connectivity index (χ4n) is 3.58. The van der Waals surface area contributed by atoms with E-state index in [1.807, 2.05) is 6.07 Å². The van der Waals surface area contributed by atoms with Gasteiger partial charge in [0.15, 0.2) is 0 Å². The molecule has 1 unspecified atom stereocenters. The summed E-state index contributed by atoms with van der Waals surface area (Å²) in [5.41, 5.74) is 5.44. The Morgan fingerprint density at radius 3 is 2.80 bits per heavy atom. The number of hydrogen-bond acceptors (Lipinski definition) is 5. The number of nitrogens with zero attached hydrogens (tertiary/aromatic N) is 2. The van der Waals surface area contributed by atoms with Crippen LogP contribution < -0.4 is 11.1 Å². The number of rotatable bonds is 2. The molecule has 7 heteroatoms. The minimum absolute atomic E-state index is 0.123. The highest BCUT2D eigenvalue weighted by molar-refractivity contribution is 7.19. The van der Waals surface area contributed by atoms with E-state index >= 15 is 0 Å². The lowest BCUT2D eigenvalue weighted by molar-refractivity contribution is -0.112. The molecule has 0 radical (unpaired) electrons. The van der Waals surface area contributed by atoms with Gasteiger partial charge < -0.3 is 11.1 Å². The molecule has 0 spiro atoms. The van der Waals surface area contributed by atoms with E-state index in [-0.39, 0.29) is 12.1 Å². The van der Waals surface area contributed by atoms with Crippen LogP contribution in [0.4, 0.5) is 0 Å². The van der Waals surface area contributed by atoms with Crippen LogP contribution in [0.3, 0.4) is 0 Å². The van der Waals surface area contributed by atoms with E-state index in [0.29, 0.717) is 5.69 Å². The van der Waals surface area contributed by atoms with E-state index in [0.717, 1.165) is 40.4 Å². The van der Waals surface area contributed by atoms with Crippen molar-refractivity contribution in [2.75, 3.05) is 13.1 Å². The summed E-state index contributed by atoms with van der Waals surface area (Å²) in [5.74, 6) is 4.98. The molecule has 2 aromatic heterocycles. The van der Waals surface area contributed by atoms with Crippen LogP contribution >= 0.6 is 11.3 Å². The number of amides is 2.